The Bertz CT molecular complexity index is 578. The average Bonchev–Trinajstić information content (AvgIpc) is 2.40. The molecule has 0 aliphatic carbocycles. The zero-order valence-electron chi connectivity index (χ0n) is 11.3. The van der Waals surface area contributed by atoms with Crippen LogP contribution in [0, 0.1) is 11.6 Å². The molecule has 0 aliphatic heterocycles. The van der Waals surface area contributed by atoms with Gasteiger partial charge < -0.3 is 10.8 Å². The molecule has 1 aromatic rings. The lowest BCUT2D eigenvalue weighted by Gasteiger charge is -2.30. The summed E-state index contributed by atoms with van der Waals surface area (Å²) in [7, 11) is -4.26. The van der Waals surface area contributed by atoms with Crippen LogP contribution in [0.3, 0.4) is 0 Å². The molecule has 0 heterocycles. The summed E-state index contributed by atoms with van der Waals surface area (Å²) < 4.78 is 53.3. The van der Waals surface area contributed by atoms with E-state index in [1.807, 2.05) is 0 Å². The first-order valence-corrected chi connectivity index (χ1v) is 7.59. The Morgan fingerprint density at radius 2 is 1.80 bits per heavy atom. The third kappa shape index (κ3) is 3.25. The van der Waals surface area contributed by atoms with Gasteiger partial charge in [0.2, 0.25) is 10.0 Å². The van der Waals surface area contributed by atoms with Gasteiger partial charge in [0.1, 0.15) is 16.5 Å². The van der Waals surface area contributed by atoms with Crippen LogP contribution in [0.1, 0.15) is 26.7 Å². The van der Waals surface area contributed by atoms with Crippen molar-refractivity contribution in [2.45, 2.75) is 37.1 Å². The van der Waals surface area contributed by atoms with E-state index in [4.69, 9.17) is 5.73 Å². The summed E-state index contributed by atoms with van der Waals surface area (Å²) in [5.74, 6) is -2.26. The SMILES string of the molecule is CCC(CC)(CO)NS(=O)(=O)c1cc(N)c(F)cc1F. The van der Waals surface area contributed by atoms with E-state index in [-0.39, 0.29) is 0 Å². The maximum Gasteiger partial charge on any atom is 0.244 e. The van der Waals surface area contributed by atoms with Gasteiger partial charge in [0.15, 0.2) is 0 Å². The van der Waals surface area contributed by atoms with Crippen molar-refractivity contribution in [1.29, 1.82) is 0 Å². The quantitative estimate of drug-likeness (QED) is 0.692. The van der Waals surface area contributed by atoms with Gasteiger partial charge >= 0.3 is 0 Å². The molecule has 1 rings (SSSR count). The van der Waals surface area contributed by atoms with Gasteiger partial charge in [-0.2, -0.15) is 0 Å². The summed E-state index contributed by atoms with van der Waals surface area (Å²) in [4.78, 5) is -0.740. The maximum atomic E-state index is 13.6. The van der Waals surface area contributed by atoms with E-state index in [0.717, 1.165) is 6.07 Å². The van der Waals surface area contributed by atoms with Crippen molar-refractivity contribution in [2.75, 3.05) is 12.3 Å². The van der Waals surface area contributed by atoms with Crippen LogP contribution in [0.25, 0.3) is 0 Å². The molecule has 20 heavy (non-hydrogen) atoms. The molecule has 0 bridgehead atoms. The number of nitrogen functional groups attached to an aromatic ring is 1. The van der Waals surface area contributed by atoms with Gasteiger partial charge in [0, 0.05) is 6.07 Å². The Hall–Kier alpha value is -1.25. The molecule has 0 fully saturated rings. The topological polar surface area (TPSA) is 92.4 Å². The molecule has 0 spiro atoms. The predicted molar refractivity (Wildman–Crippen MR) is 71.5 cm³/mol. The van der Waals surface area contributed by atoms with Crippen molar-refractivity contribution in [3.63, 3.8) is 0 Å². The first-order valence-electron chi connectivity index (χ1n) is 6.10. The molecule has 0 unspecified atom stereocenters. The van der Waals surface area contributed by atoms with Gasteiger partial charge in [0.25, 0.3) is 0 Å². The first kappa shape index (κ1) is 16.8. The Labute approximate surface area is 116 Å². The number of hydrogen-bond donors (Lipinski definition) is 3. The van der Waals surface area contributed by atoms with E-state index < -0.39 is 44.4 Å². The van der Waals surface area contributed by atoms with Crippen molar-refractivity contribution in [3.05, 3.63) is 23.8 Å². The van der Waals surface area contributed by atoms with E-state index in [0.29, 0.717) is 18.9 Å². The highest BCUT2D eigenvalue weighted by atomic mass is 32.2. The summed E-state index contributed by atoms with van der Waals surface area (Å²) in [5.41, 5.74) is 3.71. The van der Waals surface area contributed by atoms with Crippen molar-refractivity contribution in [1.82, 2.24) is 4.72 Å². The van der Waals surface area contributed by atoms with Crippen LogP contribution >= 0.6 is 0 Å². The highest BCUT2D eigenvalue weighted by Gasteiger charge is 2.33. The van der Waals surface area contributed by atoms with E-state index in [9.17, 15) is 22.3 Å². The lowest BCUT2D eigenvalue weighted by molar-refractivity contribution is 0.172. The van der Waals surface area contributed by atoms with Crippen LogP contribution < -0.4 is 10.5 Å². The van der Waals surface area contributed by atoms with E-state index in [1.165, 1.54) is 0 Å². The normalized spacial score (nSPS) is 12.7. The highest BCUT2D eigenvalue weighted by molar-refractivity contribution is 7.89. The Morgan fingerprint density at radius 1 is 1.25 bits per heavy atom. The molecular formula is C12H18F2N2O3S. The van der Waals surface area contributed by atoms with Crippen molar-refractivity contribution < 1.29 is 22.3 Å². The van der Waals surface area contributed by atoms with Crippen LogP contribution in [-0.2, 0) is 10.0 Å². The minimum Gasteiger partial charge on any atom is -0.396 e. The molecule has 0 atom stereocenters. The number of anilines is 1. The summed E-state index contributed by atoms with van der Waals surface area (Å²) in [6.45, 7) is 2.95. The van der Waals surface area contributed by atoms with Crippen molar-refractivity contribution in [3.8, 4) is 0 Å². The molecule has 114 valence electrons. The van der Waals surface area contributed by atoms with Crippen LogP contribution in [0.5, 0.6) is 0 Å². The molecular weight excluding hydrogens is 290 g/mol. The van der Waals surface area contributed by atoms with Gasteiger partial charge in [-0.25, -0.2) is 21.9 Å². The molecule has 0 aromatic heterocycles. The van der Waals surface area contributed by atoms with Gasteiger partial charge in [0.05, 0.1) is 17.8 Å². The number of halogens is 2. The number of nitrogens with two attached hydrogens (primary N) is 1. The lowest BCUT2D eigenvalue weighted by atomic mass is 9.96. The standard InChI is InChI=1S/C12H18F2N2O3S/c1-3-12(4-2,7-17)16-20(18,19)11-6-10(15)8(13)5-9(11)14/h5-6,16-17H,3-4,7,15H2,1-2H3. The first-order chi connectivity index (χ1) is 9.21. The minimum absolute atomic E-state index is 0.317. The number of benzene rings is 1. The highest BCUT2D eigenvalue weighted by Crippen LogP contribution is 2.24. The number of aliphatic hydroxyl groups excluding tert-OH is 1. The van der Waals surface area contributed by atoms with E-state index >= 15 is 0 Å². The van der Waals surface area contributed by atoms with Gasteiger partial charge in [-0.15, -0.1) is 0 Å². The van der Waals surface area contributed by atoms with Gasteiger partial charge in [-0.3, -0.25) is 0 Å². The van der Waals surface area contributed by atoms with Crippen LogP contribution in [0.4, 0.5) is 14.5 Å². The fourth-order valence-corrected chi connectivity index (χ4v) is 3.37. The van der Waals surface area contributed by atoms with Gasteiger partial charge in [-0.05, 0) is 18.9 Å². The average molecular weight is 308 g/mol. The van der Waals surface area contributed by atoms with E-state index in [1.54, 1.807) is 13.8 Å². The molecule has 8 heteroatoms. The molecule has 0 amide bonds. The Morgan fingerprint density at radius 3 is 2.25 bits per heavy atom. The molecule has 0 aliphatic rings. The van der Waals surface area contributed by atoms with Crippen LogP contribution in [0.15, 0.2) is 17.0 Å². The summed E-state index contributed by atoms with van der Waals surface area (Å²) >= 11 is 0. The second kappa shape index (κ2) is 6.02. The zero-order valence-corrected chi connectivity index (χ0v) is 12.1. The number of rotatable bonds is 6. The lowest BCUT2D eigenvalue weighted by Crippen LogP contribution is -2.50. The molecule has 4 N–H and O–H groups in total. The predicted octanol–water partition coefficient (Wildman–Crippen LogP) is 1.38. The molecule has 0 radical (unpaired) electrons. The van der Waals surface area contributed by atoms with Crippen molar-refractivity contribution >= 4 is 15.7 Å². The second-order valence-electron chi connectivity index (χ2n) is 4.56. The monoisotopic (exact) mass is 308 g/mol. The minimum atomic E-state index is -4.26. The fraction of sp³-hybridized carbons (Fsp3) is 0.500. The third-order valence-electron chi connectivity index (χ3n) is 3.35. The smallest absolute Gasteiger partial charge is 0.244 e. The largest absolute Gasteiger partial charge is 0.396 e. The Kier molecular flexibility index (Phi) is 5.06. The number of nitrogens with one attached hydrogen (secondary N) is 1. The van der Waals surface area contributed by atoms with Crippen LogP contribution in [-0.4, -0.2) is 25.7 Å². The number of hydrogen-bond acceptors (Lipinski definition) is 4. The third-order valence-corrected chi connectivity index (χ3v) is 4.94. The van der Waals surface area contributed by atoms with Crippen LogP contribution in [0.2, 0.25) is 0 Å². The second-order valence-corrected chi connectivity index (χ2v) is 6.21. The zero-order chi connectivity index (χ0) is 15.6. The molecule has 0 saturated carbocycles. The molecule has 0 saturated heterocycles. The van der Waals surface area contributed by atoms with E-state index in [2.05, 4.69) is 4.72 Å². The molecule has 1 aromatic carbocycles. The molecule has 5 nitrogen and oxygen atoms in total. The Balaban J connectivity index is 3.28. The summed E-state index contributed by atoms with van der Waals surface area (Å²) in [5, 5.41) is 9.35. The fourth-order valence-electron chi connectivity index (χ4n) is 1.74. The number of aliphatic hydroxyl groups is 1. The number of sulfonamides is 1. The maximum absolute atomic E-state index is 13.6. The summed E-state index contributed by atoms with van der Waals surface area (Å²) in [6, 6.07) is 1.14. The van der Waals surface area contributed by atoms with Gasteiger partial charge in [-0.1, -0.05) is 13.8 Å². The summed E-state index contributed by atoms with van der Waals surface area (Å²) in [6.07, 6.45) is 0.634. The van der Waals surface area contributed by atoms with Crippen molar-refractivity contribution in [2.24, 2.45) is 0 Å².